The molecule has 0 aliphatic carbocycles. The second kappa shape index (κ2) is 6.10. The minimum Gasteiger partial charge on any atom is -0.494 e. The van der Waals surface area contributed by atoms with Crippen molar-refractivity contribution in [2.24, 2.45) is 0 Å². The van der Waals surface area contributed by atoms with Gasteiger partial charge in [0.1, 0.15) is 5.75 Å². The molecule has 0 saturated heterocycles. The SMILES string of the molecule is CCOc1cccc(NC(=O)c2n[nH]c(CC)c2N)c1. The van der Waals surface area contributed by atoms with E-state index in [1.807, 2.05) is 26.0 Å². The lowest BCUT2D eigenvalue weighted by molar-refractivity contribution is 0.102. The summed E-state index contributed by atoms with van der Waals surface area (Å²) in [5.74, 6) is 0.363. The third-order valence-electron chi connectivity index (χ3n) is 2.85. The first-order valence-corrected chi connectivity index (χ1v) is 6.52. The molecule has 0 aliphatic rings. The maximum atomic E-state index is 12.1. The number of ether oxygens (including phenoxy) is 1. The number of benzene rings is 1. The molecule has 0 atom stereocenters. The highest BCUT2D eigenvalue weighted by molar-refractivity contribution is 6.06. The Balaban J connectivity index is 2.14. The zero-order valence-corrected chi connectivity index (χ0v) is 11.6. The third-order valence-corrected chi connectivity index (χ3v) is 2.85. The van der Waals surface area contributed by atoms with Crippen molar-refractivity contribution in [1.29, 1.82) is 0 Å². The summed E-state index contributed by atoms with van der Waals surface area (Å²) in [5, 5.41) is 9.46. The zero-order chi connectivity index (χ0) is 14.5. The maximum Gasteiger partial charge on any atom is 0.278 e. The molecule has 0 radical (unpaired) electrons. The quantitative estimate of drug-likeness (QED) is 0.779. The Morgan fingerprint density at radius 3 is 2.90 bits per heavy atom. The van der Waals surface area contributed by atoms with Crippen LogP contribution in [-0.2, 0) is 6.42 Å². The van der Waals surface area contributed by atoms with E-state index in [2.05, 4.69) is 15.5 Å². The third kappa shape index (κ3) is 2.90. The summed E-state index contributed by atoms with van der Waals surface area (Å²) in [6.07, 6.45) is 0.700. The number of aromatic amines is 1. The van der Waals surface area contributed by atoms with Gasteiger partial charge in [0.2, 0.25) is 0 Å². The van der Waals surface area contributed by atoms with E-state index < -0.39 is 0 Å². The largest absolute Gasteiger partial charge is 0.494 e. The standard InChI is InChI=1S/C14H18N4O2/c1-3-11-12(15)13(18-17-11)14(19)16-9-6-5-7-10(8-9)20-4-2/h5-8H,3-4,15H2,1-2H3,(H,16,19)(H,17,18). The Morgan fingerprint density at radius 2 is 2.25 bits per heavy atom. The van der Waals surface area contributed by atoms with Gasteiger partial charge in [-0.1, -0.05) is 13.0 Å². The van der Waals surface area contributed by atoms with Crippen molar-refractivity contribution in [2.45, 2.75) is 20.3 Å². The van der Waals surface area contributed by atoms with E-state index in [0.29, 0.717) is 30.2 Å². The first-order valence-electron chi connectivity index (χ1n) is 6.52. The molecule has 4 N–H and O–H groups in total. The van der Waals surface area contributed by atoms with Gasteiger partial charge in [-0.3, -0.25) is 9.89 Å². The summed E-state index contributed by atoms with van der Waals surface area (Å²) in [4.78, 5) is 12.1. The molecule has 6 nitrogen and oxygen atoms in total. The van der Waals surface area contributed by atoms with Crippen LogP contribution in [0.3, 0.4) is 0 Å². The highest BCUT2D eigenvalue weighted by Crippen LogP contribution is 2.20. The monoisotopic (exact) mass is 274 g/mol. The highest BCUT2D eigenvalue weighted by atomic mass is 16.5. The average Bonchev–Trinajstić information content (AvgIpc) is 2.80. The molecule has 1 heterocycles. The van der Waals surface area contributed by atoms with Gasteiger partial charge in [0.25, 0.3) is 5.91 Å². The molecular formula is C14H18N4O2. The number of nitrogens with two attached hydrogens (primary N) is 1. The predicted octanol–water partition coefficient (Wildman–Crippen LogP) is 2.21. The summed E-state index contributed by atoms with van der Waals surface area (Å²) in [6.45, 7) is 4.42. The van der Waals surface area contributed by atoms with Crippen LogP contribution in [0.4, 0.5) is 11.4 Å². The first-order chi connectivity index (χ1) is 9.65. The molecule has 0 fully saturated rings. The van der Waals surface area contributed by atoms with Gasteiger partial charge in [0.15, 0.2) is 5.69 Å². The Bertz CT molecular complexity index is 607. The van der Waals surface area contributed by atoms with Crippen molar-refractivity contribution < 1.29 is 9.53 Å². The number of carbonyl (C=O) groups is 1. The summed E-state index contributed by atoms with van der Waals surface area (Å²) < 4.78 is 5.38. The van der Waals surface area contributed by atoms with E-state index >= 15 is 0 Å². The summed E-state index contributed by atoms with van der Waals surface area (Å²) in [6, 6.07) is 7.18. The number of anilines is 2. The van der Waals surface area contributed by atoms with Gasteiger partial charge in [0.05, 0.1) is 18.0 Å². The van der Waals surface area contributed by atoms with Gasteiger partial charge in [-0.15, -0.1) is 0 Å². The van der Waals surface area contributed by atoms with Crippen molar-refractivity contribution in [3.63, 3.8) is 0 Å². The fourth-order valence-corrected chi connectivity index (χ4v) is 1.85. The van der Waals surface area contributed by atoms with Crippen molar-refractivity contribution in [3.8, 4) is 5.75 Å². The molecule has 0 bridgehead atoms. The minimum absolute atomic E-state index is 0.212. The van der Waals surface area contributed by atoms with Crippen molar-refractivity contribution >= 4 is 17.3 Å². The number of rotatable bonds is 5. The number of amides is 1. The van der Waals surface area contributed by atoms with Crippen LogP contribution in [0.15, 0.2) is 24.3 Å². The fraction of sp³-hybridized carbons (Fsp3) is 0.286. The van der Waals surface area contributed by atoms with Crippen LogP contribution >= 0.6 is 0 Å². The molecule has 0 aliphatic heterocycles. The van der Waals surface area contributed by atoms with Crippen LogP contribution in [0.25, 0.3) is 0 Å². The Labute approximate surface area is 117 Å². The second-order valence-electron chi connectivity index (χ2n) is 4.23. The van der Waals surface area contributed by atoms with Gasteiger partial charge in [0, 0.05) is 11.8 Å². The molecular weight excluding hydrogens is 256 g/mol. The number of nitrogens with zero attached hydrogens (tertiary/aromatic N) is 1. The van der Waals surface area contributed by atoms with E-state index in [9.17, 15) is 4.79 Å². The van der Waals surface area contributed by atoms with Crippen LogP contribution in [0.2, 0.25) is 0 Å². The number of aromatic nitrogens is 2. The Kier molecular flexibility index (Phi) is 4.24. The summed E-state index contributed by atoms with van der Waals surface area (Å²) >= 11 is 0. The molecule has 0 spiro atoms. The molecule has 2 aromatic rings. The number of hydrogen-bond acceptors (Lipinski definition) is 4. The molecule has 0 unspecified atom stereocenters. The van der Waals surface area contributed by atoms with Gasteiger partial charge in [-0.25, -0.2) is 0 Å². The van der Waals surface area contributed by atoms with E-state index in [1.54, 1.807) is 12.1 Å². The lowest BCUT2D eigenvalue weighted by Gasteiger charge is -2.07. The van der Waals surface area contributed by atoms with Crippen LogP contribution in [0, 0.1) is 0 Å². The number of nitrogens with one attached hydrogen (secondary N) is 2. The fourth-order valence-electron chi connectivity index (χ4n) is 1.85. The lowest BCUT2D eigenvalue weighted by Crippen LogP contribution is -2.14. The zero-order valence-electron chi connectivity index (χ0n) is 11.6. The van der Waals surface area contributed by atoms with Crippen LogP contribution in [0.1, 0.15) is 30.0 Å². The second-order valence-corrected chi connectivity index (χ2v) is 4.23. The Hall–Kier alpha value is -2.50. The topological polar surface area (TPSA) is 93.0 Å². The van der Waals surface area contributed by atoms with Crippen molar-refractivity contribution in [1.82, 2.24) is 10.2 Å². The van der Waals surface area contributed by atoms with Gasteiger partial charge >= 0.3 is 0 Å². The van der Waals surface area contributed by atoms with Crippen molar-refractivity contribution in [2.75, 3.05) is 17.7 Å². The number of aryl methyl sites for hydroxylation is 1. The van der Waals surface area contributed by atoms with Gasteiger partial charge in [-0.2, -0.15) is 5.10 Å². The molecule has 2 rings (SSSR count). The number of H-pyrrole nitrogens is 1. The van der Waals surface area contributed by atoms with E-state index in [-0.39, 0.29) is 11.6 Å². The van der Waals surface area contributed by atoms with Crippen LogP contribution < -0.4 is 15.8 Å². The van der Waals surface area contributed by atoms with Crippen LogP contribution in [-0.4, -0.2) is 22.7 Å². The highest BCUT2D eigenvalue weighted by Gasteiger charge is 2.16. The number of nitrogen functional groups attached to an aromatic ring is 1. The van der Waals surface area contributed by atoms with Crippen LogP contribution in [0.5, 0.6) is 5.75 Å². The maximum absolute atomic E-state index is 12.1. The predicted molar refractivity (Wildman–Crippen MR) is 77.9 cm³/mol. The molecule has 1 aromatic heterocycles. The normalized spacial score (nSPS) is 10.3. The van der Waals surface area contributed by atoms with E-state index in [4.69, 9.17) is 10.5 Å². The molecule has 1 amide bonds. The van der Waals surface area contributed by atoms with Gasteiger partial charge < -0.3 is 15.8 Å². The molecule has 1 aromatic carbocycles. The van der Waals surface area contributed by atoms with Gasteiger partial charge in [-0.05, 0) is 25.5 Å². The molecule has 6 heteroatoms. The minimum atomic E-state index is -0.341. The van der Waals surface area contributed by atoms with E-state index in [0.717, 1.165) is 5.69 Å². The number of hydrogen-bond donors (Lipinski definition) is 3. The molecule has 20 heavy (non-hydrogen) atoms. The summed E-state index contributed by atoms with van der Waals surface area (Å²) in [5.41, 5.74) is 7.88. The number of carbonyl (C=O) groups excluding carboxylic acids is 1. The first kappa shape index (κ1) is 13.9. The lowest BCUT2D eigenvalue weighted by atomic mass is 10.2. The van der Waals surface area contributed by atoms with E-state index in [1.165, 1.54) is 0 Å². The smallest absolute Gasteiger partial charge is 0.278 e. The molecule has 0 saturated carbocycles. The summed E-state index contributed by atoms with van der Waals surface area (Å²) in [7, 11) is 0. The average molecular weight is 274 g/mol. The molecule has 106 valence electrons. The Morgan fingerprint density at radius 1 is 1.45 bits per heavy atom. The van der Waals surface area contributed by atoms with Crippen molar-refractivity contribution in [3.05, 3.63) is 35.7 Å².